The summed E-state index contributed by atoms with van der Waals surface area (Å²) in [5, 5.41) is 14.3. The molecule has 0 spiro atoms. The number of carbonyl (C=O) groups excluding carboxylic acids is 1. The van der Waals surface area contributed by atoms with E-state index in [0.29, 0.717) is 35.9 Å². The SMILES string of the molecule is COC(=O)[C@@H]1C[C@H](O)C[NH+]1Cn1nc(-c2ccc(OC)c(OC)c2)oc1=S. The Kier molecular flexibility index (Phi) is 5.78. The van der Waals surface area contributed by atoms with Gasteiger partial charge in [-0.1, -0.05) is 0 Å². The van der Waals surface area contributed by atoms with Crippen LogP contribution in [0.25, 0.3) is 11.5 Å². The normalized spacial score (nSPS) is 21.9. The lowest BCUT2D eigenvalue weighted by Gasteiger charge is -2.18. The number of methoxy groups -OCH3 is 3. The Hall–Kier alpha value is -2.43. The number of hydrogen-bond donors (Lipinski definition) is 2. The molecule has 3 atom stereocenters. The average Bonchev–Trinajstić information content (AvgIpc) is 3.23. The zero-order chi connectivity index (χ0) is 19.6. The lowest BCUT2D eigenvalue weighted by molar-refractivity contribution is -0.928. The predicted octanol–water partition coefficient (Wildman–Crippen LogP) is 0.0384. The van der Waals surface area contributed by atoms with Crippen LogP contribution in [0.4, 0.5) is 0 Å². The molecule has 0 aliphatic carbocycles. The smallest absolute Gasteiger partial charge is 0.364 e. The minimum Gasteiger partial charge on any atom is -0.493 e. The van der Waals surface area contributed by atoms with E-state index in [0.717, 1.165) is 4.90 Å². The number of hydrogen-bond acceptors (Lipinski definition) is 8. The Morgan fingerprint density at radius 1 is 1.37 bits per heavy atom. The summed E-state index contributed by atoms with van der Waals surface area (Å²) in [4.78, 5) is 12.9. The van der Waals surface area contributed by atoms with Crippen molar-refractivity contribution < 1.29 is 33.4 Å². The lowest BCUT2D eigenvalue weighted by Crippen LogP contribution is -3.14. The Morgan fingerprint density at radius 2 is 2.11 bits per heavy atom. The maximum Gasteiger partial charge on any atom is 0.364 e. The molecule has 27 heavy (non-hydrogen) atoms. The monoisotopic (exact) mass is 396 g/mol. The number of esters is 1. The minimum absolute atomic E-state index is 0.178. The van der Waals surface area contributed by atoms with E-state index in [9.17, 15) is 9.90 Å². The highest BCUT2D eigenvalue weighted by molar-refractivity contribution is 7.71. The molecule has 1 aliphatic rings. The van der Waals surface area contributed by atoms with Gasteiger partial charge in [-0.15, -0.1) is 5.10 Å². The van der Waals surface area contributed by atoms with Crippen molar-refractivity contribution in [1.82, 2.24) is 9.78 Å². The fourth-order valence-electron chi connectivity index (χ4n) is 3.23. The van der Waals surface area contributed by atoms with Crippen molar-refractivity contribution in [1.29, 1.82) is 0 Å². The summed E-state index contributed by atoms with van der Waals surface area (Å²) in [6.45, 7) is 0.687. The molecule has 0 radical (unpaired) electrons. The van der Waals surface area contributed by atoms with Gasteiger partial charge in [0.2, 0.25) is 5.89 Å². The van der Waals surface area contributed by atoms with Crippen LogP contribution in [0.1, 0.15) is 6.42 Å². The fourth-order valence-corrected chi connectivity index (χ4v) is 3.42. The molecule has 0 bridgehead atoms. The number of quaternary nitrogens is 1. The van der Waals surface area contributed by atoms with Gasteiger partial charge in [-0.2, -0.15) is 4.68 Å². The number of carbonyl (C=O) groups is 1. The van der Waals surface area contributed by atoms with E-state index in [1.807, 2.05) is 0 Å². The van der Waals surface area contributed by atoms with Crippen molar-refractivity contribution in [3.05, 3.63) is 23.0 Å². The molecule has 146 valence electrons. The molecular formula is C17H22N3O6S+. The van der Waals surface area contributed by atoms with Crippen molar-refractivity contribution in [2.75, 3.05) is 27.9 Å². The second-order valence-electron chi connectivity index (χ2n) is 6.23. The number of aromatic nitrogens is 2. The van der Waals surface area contributed by atoms with E-state index in [1.165, 1.54) is 11.8 Å². The van der Waals surface area contributed by atoms with Crippen molar-refractivity contribution in [3.63, 3.8) is 0 Å². The molecule has 1 saturated heterocycles. The van der Waals surface area contributed by atoms with Crippen LogP contribution in [0.5, 0.6) is 11.5 Å². The summed E-state index contributed by atoms with van der Waals surface area (Å²) >= 11 is 5.27. The summed E-state index contributed by atoms with van der Waals surface area (Å²) in [7, 11) is 4.44. The summed E-state index contributed by atoms with van der Waals surface area (Å²) in [6, 6.07) is 4.82. The molecule has 10 heteroatoms. The van der Waals surface area contributed by atoms with Gasteiger partial charge in [0, 0.05) is 12.0 Å². The van der Waals surface area contributed by atoms with E-state index in [4.69, 9.17) is 30.8 Å². The van der Waals surface area contributed by atoms with Gasteiger partial charge in [-0.3, -0.25) is 0 Å². The lowest BCUT2D eigenvalue weighted by atomic mass is 10.2. The van der Waals surface area contributed by atoms with Crippen LogP contribution in [0.15, 0.2) is 22.6 Å². The highest BCUT2D eigenvalue weighted by Gasteiger charge is 2.41. The molecule has 1 aromatic carbocycles. The van der Waals surface area contributed by atoms with Gasteiger partial charge in [0.05, 0.1) is 21.3 Å². The molecule has 2 N–H and O–H groups in total. The van der Waals surface area contributed by atoms with Crippen LogP contribution >= 0.6 is 12.2 Å². The van der Waals surface area contributed by atoms with Gasteiger partial charge in [0.25, 0.3) is 4.84 Å². The quantitative estimate of drug-likeness (QED) is 0.522. The molecule has 9 nitrogen and oxygen atoms in total. The van der Waals surface area contributed by atoms with Crippen molar-refractivity contribution in [2.24, 2.45) is 0 Å². The number of ether oxygens (including phenoxy) is 3. The highest BCUT2D eigenvalue weighted by atomic mass is 32.1. The molecule has 0 amide bonds. The first-order valence-electron chi connectivity index (χ1n) is 8.37. The second-order valence-corrected chi connectivity index (χ2v) is 6.58. The van der Waals surface area contributed by atoms with Crippen LogP contribution in [-0.4, -0.2) is 60.9 Å². The van der Waals surface area contributed by atoms with Crippen LogP contribution < -0.4 is 14.4 Å². The Balaban J connectivity index is 1.85. The predicted molar refractivity (Wildman–Crippen MR) is 96.1 cm³/mol. The number of rotatable bonds is 6. The Morgan fingerprint density at radius 3 is 2.78 bits per heavy atom. The largest absolute Gasteiger partial charge is 0.493 e. The topological polar surface area (TPSA) is 100 Å². The van der Waals surface area contributed by atoms with Gasteiger partial charge < -0.3 is 28.6 Å². The zero-order valence-corrected chi connectivity index (χ0v) is 16.1. The third-order valence-corrected chi connectivity index (χ3v) is 4.87. The fraction of sp³-hybridized carbons (Fsp3) is 0.471. The number of benzene rings is 1. The van der Waals surface area contributed by atoms with E-state index in [1.54, 1.807) is 32.4 Å². The van der Waals surface area contributed by atoms with Gasteiger partial charge in [-0.05, 0) is 30.4 Å². The first kappa shape index (κ1) is 19.3. The number of aliphatic hydroxyl groups is 1. The van der Waals surface area contributed by atoms with E-state index >= 15 is 0 Å². The third kappa shape index (κ3) is 3.97. The molecule has 1 aromatic heterocycles. The summed E-state index contributed by atoms with van der Waals surface area (Å²) in [5.41, 5.74) is 0.679. The third-order valence-electron chi connectivity index (χ3n) is 4.57. The van der Waals surface area contributed by atoms with Crippen LogP contribution in [0, 0.1) is 4.84 Å². The molecule has 2 aromatic rings. The molecular weight excluding hydrogens is 374 g/mol. The zero-order valence-electron chi connectivity index (χ0n) is 15.3. The van der Waals surface area contributed by atoms with E-state index < -0.39 is 12.1 Å². The summed E-state index contributed by atoms with van der Waals surface area (Å²) in [5.74, 6) is 1.10. The molecule has 3 rings (SSSR count). The van der Waals surface area contributed by atoms with E-state index in [2.05, 4.69) is 5.10 Å². The van der Waals surface area contributed by atoms with Gasteiger partial charge in [0.1, 0.15) is 12.6 Å². The number of aliphatic hydroxyl groups excluding tert-OH is 1. The number of nitrogens with one attached hydrogen (secondary N) is 1. The maximum absolute atomic E-state index is 11.9. The van der Waals surface area contributed by atoms with Gasteiger partial charge in [0.15, 0.2) is 24.2 Å². The van der Waals surface area contributed by atoms with Crippen molar-refractivity contribution >= 4 is 18.2 Å². The average molecular weight is 396 g/mol. The summed E-state index contributed by atoms with van der Waals surface area (Å²) < 4.78 is 22.5. The second kappa shape index (κ2) is 8.07. The molecule has 1 unspecified atom stereocenters. The van der Waals surface area contributed by atoms with Crippen LogP contribution in [0.2, 0.25) is 0 Å². The van der Waals surface area contributed by atoms with Crippen molar-refractivity contribution in [2.45, 2.75) is 25.2 Å². The molecule has 2 heterocycles. The number of likely N-dealkylation sites (tertiary alicyclic amines) is 1. The Labute approximate surface area is 161 Å². The molecule has 0 saturated carbocycles. The summed E-state index contributed by atoms with van der Waals surface area (Å²) in [6.07, 6.45) is -0.231. The highest BCUT2D eigenvalue weighted by Crippen LogP contribution is 2.31. The number of nitrogens with zero attached hydrogens (tertiary/aromatic N) is 2. The van der Waals surface area contributed by atoms with Gasteiger partial charge >= 0.3 is 5.97 Å². The minimum atomic E-state index is -0.574. The van der Waals surface area contributed by atoms with Gasteiger partial charge in [-0.25, -0.2) is 4.79 Å². The maximum atomic E-state index is 11.9. The molecule has 1 fully saturated rings. The molecule has 1 aliphatic heterocycles. The van der Waals surface area contributed by atoms with Crippen molar-refractivity contribution in [3.8, 4) is 23.0 Å². The Bertz CT molecular complexity index is 880. The van der Waals surface area contributed by atoms with Crippen LogP contribution in [-0.2, 0) is 16.2 Å². The first-order chi connectivity index (χ1) is 13.0. The standard InChI is InChI=1S/C17H21N3O6S/c1-23-13-5-4-10(6-14(13)24-2)15-18-20(17(27)26-15)9-19-8-11(21)7-12(19)16(22)25-3/h4-6,11-12,21H,7-9H2,1-3H3/p+1/t11-,12-/m0/s1. The first-order valence-corrected chi connectivity index (χ1v) is 8.78. The van der Waals surface area contributed by atoms with Crippen LogP contribution in [0.3, 0.4) is 0 Å². The van der Waals surface area contributed by atoms with E-state index in [-0.39, 0.29) is 17.5 Å².